The van der Waals surface area contributed by atoms with Gasteiger partial charge in [0.05, 0.1) is 10.3 Å². The van der Waals surface area contributed by atoms with E-state index in [0.717, 1.165) is 17.1 Å². The quantitative estimate of drug-likeness (QED) is 0.848. The number of rotatable bonds is 5. The lowest BCUT2D eigenvalue weighted by molar-refractivity contribution is -0.115. The Labute approximate surface area is 123 Å². The van der Waals surface area contributed by atoms with Crippen molar-refractivity contribution in [2.45, 2.75) is 30.5 Å². The number of thioether (sulfide) groups is 1. The van der Waals surface area contributed by atoms with Crippen molar-refractivity contribution in [1.82, 2.24) is 4.98 Å². The van der Waals surface area contributed by atoms with Crippen LogP contribution in [0, 0.1) is 6.92 Å². The molecule has 1 aromatic carbocycles. The van der Waals surface area contributed by atoms with Gasteiger partial charge in [-0.15, -0.1) is 0 Å². The highest BCUT2D eigenvalue weighted by atomic mass is 32.2. The highest BCUT2D eigenvalue weighted by Gasteiger charge is 2.18. The Morgan fingerprint density at radius 1 is 1.25 bits per heavy atom. The molecule has 0 aliphatic heterocycles. The molecule has 1 N–H and O–H groups in total. The van der Waals surface area contributed by atoms with Gasteiger partial charge in [0.2, 0.25) is 5.91 Å². The van der Waals surface area contributed by atoms with Crippen molar-refractivity contribution in [2.24, 2.45) is 0 Å². The van der Waals surface area contributed by atoms with Gasteiger partial charge in [-0.25, -0.2) is 4.98 Å². The fourth-order valence-corrected chi connectivity index (χ4v) is 2.65. The van der Waals surface area contributed by atoms with E-state index in [2.05, 4.69) is 10.3 Å². The van der Waals surface area contributed by atoms with Crippen molar-refractivity contribution in [3.63, 3.8) is 0 Å². The molecule has 2 rings (SSSR count). The molecule has 4 heteroatoms. The second-order valence-electron chi connectivity index (χ2n) is 4.54. The Hall–Kier alpha value is -1.81. The summed E-state index contributed by atoms with van der Waals surface area (Å²) >= 11 is 1.50. The molecule has 3 nitrogen and oxygen atoms in total. The number of pyridine rings is 1. The van der Waals surface area contributed by atoms with E-state index in [4.69, 9.17) is 0 Å². The molecule has 1 amide bonds. The maximum absolute atomic E-state index is 12.3. The van der Waals surface area contributed by atoms with Crippen LogP contribution >= 0.6 is 11.8 Å². The van der Waals surface area contributed by atoms with Gasteiger partial charge in [-0.2, -0.15) is 0 Å². The van der Waals surface area contributed by atoms with Crippen molar-refractivity contribution < 1.29 is 4.79 Å². The van der Waals surface area contributed by atoms with Crippen LogP contribution in [0.4, 0.5) is 5.69 Å². The molecule has 0 aliphatic carbocycles. The van der Waals surface area contributed by atoms with Gasteiger partial charge in [0, 0.05) is 11.9 Å². The first-order chi connectivity index (χ1) is 9.69. The lowest BCUT2D eigenvalue weighted by atomic mass is 10.2. The fraction of sp³-hybridized carbons (Fsp3) is 0.250. The first kappa shape index (κ1) is 14.6. The van der Waals surface area contributed by atoms with Crippen LogP contribution in [0.5, 0.6) is 0 Å². The Kier molecular flexibility index (Phi) is 5.18. The molecule has 20 heavy (non-hydrogen) atoms. The molecule has 0 bridgehead atoms. The Morgan fingerprint density at radius 3 is 2.60 bits per heavy atom. The molecule has 0 spiro atoms. The average Bonchev–Trinajstić information content (AvgIpc) is 2.48. The summed E-state index contributed by atoms with van der Waals surface area (Å²) in [5.41, 5.74) is 2.01. The third-order valence-electron chi connectivity index (χ3n) is 2.88. The summed E-state index contributed by atoms with van der Waals surface area (Å²) < 4.78 is 0. The van der Waals surface area contributed by atoms with Gasteiger partial charge in [-0.3, -0.25) is 4.79 Å². The van der Waals surface area contributed by atoms with E-state index in [-0.39, 0.29) is 11.2 Å². The van der Waals surface area contributed by atoms with E-state index in [9.17, 15) is 4.79 Å². The zero-order valence-electron chi connectivity index (χ0n) is 11.7. The zero-order valence-corrected chi connectivity index (χ0v) is 12.5. The van der Waals surface area contributed by atoms with Crippen molar-refractivity contribution in [3.05, 3.63) is 54.2 Å². The number of hydrogen-bond donors (Lipinski definition) is 1. The second-order valence-corrected chi connectivity index (χ2v) is 5.76. The molecule has 0 radical (unpaired) electrons. The number of hydrogen-bond acceptors (Lipinski definition) is 3. The van der Waals surface area contributed by atoms with Crippen LogP contribution in [0.3, 0.4) is 0 Å². The normalized spacial score (nSPS) is 11.9. The minimum atomic E-state index is -0.133. The predicted octanol–water partition coefficient (Wildman–Crippen LogP) is 3.90. The van der Waals surface area contributed by atoms with Crippen LogP contribution in [0.2, 0.25) is 0 Å². The lowest BCUT2D eigenvalue weighted by Crippen LogP contribution is -2.24. The number of carbonyl (C=O) groups is 1. The minimum absolute atomic E-state index is 0.0204. The Morgan fingerprint density at radius 2 is 2.00 bits per heavy atom. The van der Waals surface area contributed by atoms with E-state index >= 15 is 0 Å². The highest BCUT2D eigenvalue weighted by molar-refractivity contribution is 8.00. The van der Waals surface area contributed by atoms with Gasteiger partial charge in [-0.1, -0.05) is 42.4 Å². The van der Waals surface area contributed by atoms with E-state index in [1.807, 2.05) is 56.3 Å². The van der Waals surface area contributed by atoms with Gasteiger partial charge in [0.25, 0.3) is 0 Å². The number of nitrogens with one attached hydrogen (secondary N) is 1. The van der Waals surface area contributed by atoms with Gasteiger partial charge < -0.3 is 5.32 Å². The number of aryl methyl sites for hydroxylation is 1. The van der Waals surface area contributed by atoms with Crippen LogP contribution in [-0.2, 0) is 4.79 Å². The van der Waals surface area contributed by atoms with Crippen molar-refractivity contribution in [2.75, 3.05) is 5.32 Å². The van der Waals surface area contributed by atoms with E-state index in [1.165, 1.54) is 17.3 Å². The lowest BCUT2D eigenvalue weighted by Gasteiger charge is -2.14. The van der Waals surface area contributed by atoms with Crippen molar-refractivity contribution in [1.29, 1.82) is 0 Å². The second kappa shape index (κ2) is 7.10. The smallest absolute Gasteiger partial charge is 0.237 e. The molecule has 1 aromatic heterocycles. The maximum Gasteiger partial charge on any atom is 0.237 e. The van der Waals surface area contributed by atoms with Crippen molar-refractivity contribution >= 4 is 23.4 Å². The summed E-state index contributed by atoms with van der Waals surface area (Å²) in [7, 11) is 0. The standard InChI is InChI=1S/C16H18N2OS/c1-3-14(20-15-6-4-5-11-17-15)16(19)18-13-9-7-12(2)8-10-13/h4-11,14H,3H2,1-2H3,(H,18,19). The molecular formula is C16H18N2OS. The predicted molar refractivity (Wildman–Crippen MR) is 84.0 cm³/mol. The largest absolute Gasteiger partial charge is 0.325 e. The van der Waals surface area contributed by atoms with E-state index in [1.54, 1.807) is 6.20 Å². The third-order valence-corrected chi connectivity index (χ3v) is 4.20. The molecule has 1 unspecified atom stereocenters. The SMILES string of the molecule is CCC(Sc1ccccn1)C(=O)Nc1ccc(C)cc1. The summed E-state index contributed by atoms with van der Waals surface area (Å²) in [5.74, 6) is 0.0204. The number of anilines is 1. The topological polar surface area (TPSA) is 42.0 Å². The van der Waals surface area contributed by atoms with E-state index in [0.29, 0.717) is 0 Å². The van der Waals surface area contributed by atoms with Crippen LogP contribution < -0.4 is 5.32 Å². The van der Waals surface area contributed by atoms with Crippen LogP contribution in [0.15, 0.2) is 53.7 Å². The number of nitrogens with zero attached hydrogens (tertiary/aromatic N) is 1. The van der Waals surface area contributed by atoms with Crippen molar-refractivity contribution in [3.8, 4) is 0 Å². The van der Waals surface area contributed by atoms with Gasteiger partial charge >= 0.3 is 0 Å². The highest BCUT2D eigenvalue weighted by Crippen LogP contribution is 2.24. The molecule has 0 saturated heterocycles. The third kappa shape index (κ3) is 4.10. The summed E-state index contributed by atoms with van der Waals surface area (Å²) in [6.45, 7) is 4.03. The minimum Gasteiger partial charge on any atom is -0.325 e. The Bertz CT molecular complexity index is 554. The molecule has 104 valence electrons. The summed E-state index contributed by atoms with van der Waals surface area (Å²) in [4.78, 5) is 16.5. The maximum atomic E-state index is 12.3. The average molecular weight is 286 g/mol. The fourth-order valence-electron chi connectivity index (χ4n) is 1.74. The van der Waals surface area contributed by atoms with Gasteiger partial charge in [-0.05, 0) is 37.6 Å². The number of aromatic nitrogens is 1. The van der Waals surface area contributed by atoms with Crippen LogP contribution in [0.1, 0.15) is 18.9 Å². The molecule has 1 heterocycles. The molecular weight excluding hydrogens is 268 g/mol. The molecule has 0 fully saturated rings. The summed E-state index contributed by atoms with van der Waals surface area (Å²) in [6.07, 6.45) is 2.51. The van der Waals surface area contributed by atoms with Gasteiger partial charge in [0.15, 0.2) is 0 Å². The van der Waals surface area contributed by atoms with Gasteiger partial charge in [0.1, 0.15) is 0 Å². The molecule has 2 aromatic rings. The number of benzene rings is 1. The number of carbonyl (C=O) groups excluding carboxylic acids is 1. The summed E-state index contributed by atoms with van der Waals surface area (Å²) in [6, 6.07) is 13.5. The van der Waals surface area contributed by atoms with Crippen LogP contribution in [0.25, 0.3) is 0 Å². The molecule has 1 atom stereocenters. The molecule has 0 saturated carbocycles. The Balaban J connectivity index is 2.00. The van der Waals surface area contributed by atoms with Crippen LogP contribution in [-0.4, -0.2) is 16.1 Å². The summed E-state index contributed by atoms with van der Waals surface area (Å²) in [5, 5.41) is 3.69. The number of amides is 1. The molecule has 0 aliphatic rings. The monoisotopic (exact) mass is 286 g/mol. The first-order valence-electron chi connectivity index (χ1n) is 6.64. The zero-order chi connectivity index (χ0) is 14.4. The first-order valence-corrected chi connectivity index (χ1v) is 7.52. The van der Waals surface area contributed by atoms with E-state index < -0.39 is 0 Å².